The largest absolute Gasteiger partial charge is 0.479 e. The zero-order valence-corrected chi connectivity index (χ0v) is 14.9. The Kier molecular flexibility index (Phi) is 6.93. The summed E-state index contributed by atoms with van der Waals surface area (Å²) in [5.74, 6) is -2.58. The Labute approximate surface area is 156 Å². The highest BCUT2D eigenvalue weighted by atomic mass is 16.6. The van der Waals surface area contributed by atoms with Crippen LogP contribution in [-0.2, 0) is 32.1 Å². The minimum Gasteiger partial charge on any atom is -0.479 e. The van der Waals surface area contributed by atoms with Crippen LogP contribution in [0.3, 0.4) is 0 Å². The third-order valence-electron chi connectivity index (χ3n) is 3.83. The van der Waals surface area contributed by atoms with Crippen molar-refractivity contribution in [1.29, 1.82) is 0 Å². The number of carbonyl (C=O) groups excluding carboxylic acids is 2. The molecule has 0 aromatic heterocycles. The van der Waals surface area contributed by atoms with Gasteiger partial charge in [-0.1, -0.05) is 60.7 Å². The summed E-state index contributed by atoms with van der Waals surface area (Å²) in [6.45, 7) is 1.47. The van der Waals surface area contributed by atoms with Crippen LogP contribution in [0.5, 0.6) is 0 Å². The van der Waals surface area contributed by atoms with Crippen molar-refractivity contribution in [2.24, 2.45) is 0 Å². The maximum Gasteiger partial charge on any atom is 0.408 e. The number of rotatable bonds is 8. The van der Waals surface area contributed by atoms with E-state index >= 15 is 0 Å². The number of amides is 1. The van der Waals surface area contributed by atoms with Gasteiger partial charge in [0.25, 0.3) is 0 Å². The van der Waals surface area contributed by atoms with Gasteiger partial charge in [-0.05, 0) is 18.1 Å². The molecule has 142 valence electrons. The predicted octanol–water partition coefficient (Wildman–Crippen LogP) is 2.54. The van der Waals surface area contributed by atoms with Gasteiger partial charge < -0.3 is 14.6 Å². The van der Waals surface area contributed by atoms with Crippen molar-refractivity contribution in [1.82, 2.24) is 5.32 Å². The van der Waals surface area contributed by atoms with Crippen LogP contribution in [0.25, 0.3) is 0 Å². The van der Waals surface area contributed by atoms with Crippen LogP contribution < -0.4 is 5.32 Å². The van der Waals surface area contributed by atoms with Gasteiger partial charge in [0.05, 0.1) is 6.61 Å². The minimum absolute atomic E-state index is 0.0244. The maximum absolute atomic E-state index is 12.4. The van der Waals surface area contributed by atoms with Gasteiger partial charge in [0, 0.05) is 6.42 Å². The fourth-order valence-electron chi connectivity index (χ4n) is 2.47. The van der Waals surface area contributed by atoms with Crippen LogP contribution in [0.2, 0.25) is 0 Å². The molecule has 1 amide bonds. The van der Waals surface area contributed by atoms with E-state index in [4.69, 9.17) is 9.47 Å². The van der Waals surface area contributed by atoms with E-state index in [2.05, 4.69) is 5.32 Å². The molecule has 2 rings (SSSR count). The average molecular weight is 371 g/mol. The van der Waals surface area contributed by atoms with Gasteiger partial charge in [-0.2, -0.15) is 0 Å². The summed E-state index contributed by atoms with van der Waals surface area (Å²) in [6.07, 6.45) is -1.30. The lowest BCUT2D eigenvalue weighted by Gasteiger charge is -2.28. The van der Waals surface area contributed by atoms with Crippen LogP contribution in [0.1, 0.15) is 18.1 Å². The molecule has 7 heteroatoms. The Hall–Kier alpha value is -3.35. The van der Waals surface area contributed by atoms with Crippen molar-refractivity contribution < 1.29 is 29.0 Å². The van der Waals surface area contributed by atoms with Crippen molar-refractivity contribution in [3.8, 4) is 0 Å². The smallest absolute Gasteiger partial charge is 0.408 e. The van der Waals surface area contributed by atoms with Crippen LogP contribution in [0.4, 0.5) is 4.79 Å². The number of carbonyl (C=O) groups is 3. The molecule has 0 saturated heterocycles. The number of nitrogens with one attached hydrogen (secondary N) is 1. The summed E-state index contributed by atoms with van der Waals surface area (Å²) >= 11 is 0. The molecule has 2 N–H and O–H groups in total. The normalized spacial score (nSPS) is 12.5. The topological polar surface area (TPSA) is 102 Å². The molecule has 0 aliphatic rings. The number of hydrogen-bond donors (Lipinski definition) is 2. The number of esters is 1. The molecule has 2 aromatic carbocycles. The Balaban J connectivity index is 2.20. The molecular weight excluding hydrogens is 350 g/mol. The molecule has 0 aliphatic carbocycles. The number of carboxylic acids is 1. The van der Waals surface area contributed by atoms with Crippen molar-refractivity contribution in [2.75, 3.05) is 6.61 Å². The summed E-state index contributed by atoms with van der Waals surface area (Å²) in [4.78, 5) is 36.7. The first-order valence-corrected chi connectivity index (χ1v) is 8.41. The molecule has 0 aliphatic heterocycles. The van der Waals surface area contributed by atoms with Gasteiger partial charge >= 0.3 is 18.0 Å². The molecule has 2 aromatic rings. The zero-order chi connectivity index (χ0) is 19.7. The van der Waals surface area contributed by atoms with Crippen LogP contribution in [-0.4, -0.2) is 35.3 Å². The van der Waals surface area contributed by atoms with Gasteiger partial charge in [0.2, 0.25) is 5.54 Å². The monoisotopic (exact) mass is 371 g/mol. The number of ether oxygens (including phenoxy) is 2. The van der Waals surface area contributed by atoms with E-state index in [1.54, 1.807) is 61.5 Å². The predicted molar refractivity (Wildman–Crippen MR) is 96.9 cm³/mol. The maximum atomic E-state index is 12.4. The number of hydrogen-bond acceptors (Lipinski definition) is 5. The Morgan fingerprint density at radius 3 is 2.00 bits per heavy atom. The second-order valence-corrected chi connectivity index (χ2v) is 5.78. The SMILES string of the molecule is CCOC(=O)[C@](Cc1ccccc1)(NC(=O)OCc1ccccc1)C(=O)O. The van der Waals surface area contributed by atoms with E-state index in [-0.39, 0.29) is 19.6 Å². The van der Waals surface area contributed by atoms with E-state index in [0.29, 0.717) is 5.56 Å². The molecule has 0 unspecified atom stereocenters. The van der Waals surface area contributed by atoms with Gasteiger partial charge in [0.15, 0.2) is 0 Å². The van der Waals surface area contributed by atoms with Gasteiger partial charge in [-0.25, -0.2) is 14.4 Å². The fraction of sp³-hybridized carbons (Fsp3) is 0.250. The molecule has 0 fully saturated rings. The number of carboxylic acid groups (broad SMARTS) is 1. The van der Waals surface area contributed by atoms with E-state index in [0.717, 1.165) is 5.56 Å². The second kappa shape index (κ2) is 9.38. The Morgan fingerprint density at radius 2 is 1.48 bits per heavy atom. The molecular formula is C20H21NO6. The summed E-state index contributed by atoms with van der Waals surface area (Å²) in [5, 5.41) is 11.9. The van der Waals surface area contributed by atoms with Crippen LogP contribution in [0, 0.1) is 0 Å². The second-order valence-electron chi connectivity index (χ2n) is 5.78. The lowest BCUT2D eigenvalue weighted by Crippen LogP contribution is -2.62. The molecule has 0 heterocycles. The average Bonchev–Trinajstić information content (AvgIpc) is 2.67. The van der Waals surface area contributed by atoms with E-state index in [1.165, 1.54) is 0 Å². The van der Waals surface area contributed by atoms with Crippen LogP contribution >= 0.6 is 0 Å². The van der Waals surface area contributed by atoms with Crippen LogP contribution in [0.15, 0.2) is 60.7 Å². The van der Waals surface area contributed by atoms with E-state index < -0.39 is 23.6 Å². The quantitative estimate of drug-likeness (QED) is 0.546. The number of alkyl carbamates (subject to hydrolysis) is 1. The first kappa shape index (κ1) is 20.0. The van der Waals surface area contributed by atoms with E-state index in [9.17, 15) is 19.5 Å². The first-order valence-electron chi connectivity index (χ1n) is 8.41. The number of benzene rings is 2. The van der Waals surface area contributed by atoms with Gasteiger partial charge in [-0.15, -0.1) is 0 Å². The molecule has 1 atom stereocenters. The van der Waals surface area contributed by atoms with Crippen molar-refractivity contribution in [2.45, 2.75) is 25.5 Å². The standard InChI is InChI=1S/C20H21NO6/c1-2-26-18(24)20(17(22)23,13-15-9-5-3-6-10-15)21-19(25)27-14-16-11-7-4-8-12-16/h3-12H,2,13-14H2,1H3,(H,21,25)(H,22,23)/t20-/m1/s1. The van der Waals surface area contributed by atoms with Crippen molar-refractivity contribution >= 4 is 18.0 Å². The first-order chi connectivity index (χ1) is 13.0. The lowest BCUT2D eigenvalue weighted by atomic mass is 9.90. The van der Waals surface area contributed by atoms with Crippen molar-refractivity contribution in [3.63, 3.8) is 0 Å². The van der Waals surface area contributed by atoms with Gasteiger partial charge in [-0.3, -0.25) is 5.32 Å². The summed E-state index contributed by atoms with van der Waals surface area (Å²) in [6, 6.07) is 17.4. The zero-order valence-electron chi connectivity index (χ0n) is 14.9. The molecule has 7 nitrogen and oxygen atoms in total. The Morgan fingerprint density at radius 1 is 0.926 bits per heavy atom. The highest BCUT2D eigenvalue weighted by Crippen LogP contribution is 2.18. The highest BCUT2D eigenvalue weighted by molar-refractivity contribution is 6.06. The van der Waals surface area contributed by atoms with Gasteiger partial charge in [0.1, 0.15) is 6.61 Å². The summed E-state index contributed by atoms with van der Waals surface area (Å²) < 4.78 is 9.99. The third kappa shape index (κ3) is 5.31. The Bertz CT molecular complexity index is 778. The molecule has 0 bridgehead atoms. The minimum atomic E-state index is -2.29. The van der Waals surface area contributed by atoms with E-state index in [1.807, 2.05) is 6.07 Å². The summed E-state index contributed by atoms with van der Waals surface area (Å²) in [5.41, 5.74) is -1.01. The molecule has 0 saturated carbocycles. The van der Waals surface area contributed by atoms with Crippen molar-refractivity contribution in [3.05, 3.63) is 71.8 Å². The highest BCUT2D eigenvalue weighted by Gasteiger charge is 2.50. The summed E-state index contributed by atoms with van der Waals surface area (Å²) in [7, 11) is 0. The molecule has 0 radical (unpaired) electrons. The third-order valence-corrected chi connectivity index (χ3v) is 3.83. The number of aliphatic carboxylic acids is 1. The fourth-order valence-corrected chi connectivity index (χ4v) is 2.47. The lowest BCUT2D eigenvalue weighted by molar-refractivity contribution is -0.162. The molecule has 0 spiro atoms. The molecule has 27 heavy (non-hydrogen) atoms.